The van der Waals surface area contributed by atoms with E-state index in [1.54, 1.807) is 30.3 Å². The Morgan fingerprint density at radius 1 is 1.10 bits per heavy atom. The van der Waals surface area contributed by atoms with Crippen LogP contribution >= 0.6 is 15.9 Å². The molecule has 2 atom stereocenters. The summed E-state index contributed by atoms with van der Waals surface area (Å²) in [4.78, 5) is 0.308. The number of sulfonamides is 1. The van der Waals surface area contributed by atoms with Crippen LogP contribution in [-0.4, -0.2) is 100 Å². The molecular weight excluding hydrogens is 652 g/mol. The van der Waals surface area contributed by atoms with Crippen LogP contribution in [0.1, 0.15) is 32.1 Å². The average molecular weight is 690 g/mol. The maximum absolute atomic E-state index is 13.2. The second kappa shape index (κ2) is 12.3. The van der Waals surface area contributed by atoms with Gasteiger partial charge in [0.05, 0.1) is 44.9 Å². The van der Waals surface area contributed by atoms with Gasteiger partial charge >= 0.3 is 0 Å². The number of benzene rings is 2. The van der Waals surface area contributed by atoms with Crippen LogP contribution in [0, 0.1) is 0 Å². The van der Waals surface area contributed by atoms with Crippen LogP contribution in [0.25, 0.3) is 0 Å². The molecule has 14 heteroatoms. The smallest absolute Gasteiger partial charge is 0.243 e. The van der Waals surface area contributed by atoms with Crippen molar-refractivity contribution in [2.45, 2.75) is 64.4 Å². The first-order valence-corrected chi connectivity index (χ1v) is 17.6. The zero-order chi connectivity index (χ0) is 30.2. The first kappa shape index (κ1) is 31.6. The van der Waals surface area contributed by atoms with E-state index >= 15 is 0 Å². The van der Waals surface area contributed by atoms with Crippen LogP contribution < -0.4 is 14.8 Å². The van der Waals surface area contributed by atoms with E-state index in [2.05, 4.69) is 21.2 Å². The maximum Gasteiger partial charge on any atom is 0.243 e. The molecule has 3 fully saturated rings. The van der Waals surface area contributed by atoms with E-state index in [0.29, 0.717) is 67.8 Å². The number of aliphatic hydroxyl groups is 2. The van der Waals surface area contributed by atoms with Gasteiger partial charge in [-0.1, -0.05) is 6.07 Å². The number of methoxy groups -OCH3 is 1. The van der Waals surface area contributed by atoms with E-state index in [0.717, 1.165) is 0 Å². The molecule has 2 aromatic rings. The van der Waals surface area contributed by atoms with Crippen LogP contribution in [0.5, 0.6) is 11.5 Å². The lowest BCUT2D eigenvalue weighted by atomic mass is 9.88. The normalized spacial score (nSPS) is 22.6. The minimum absolute atomic E-state index is 0.00188. The number of aliphatic hydroxyl groups excluding tert-OH is 2. The summed E-state index contributed by atoms with van der Waals surface area (Å²) >= 11 is 3.36. The quantitative estimate of drug-likeness (QED) is 0.302. The molecule has 2 aromatic carbocycles. The molecule has 0 radical (unpaired) electrons. The molecule has 11 nitrogen and oxygen atoms in total. The number of rotatable bonds is 12. The third kappa shape index (κ3) is 6.36. The number of halogens is 1. The predicted molar refractivity (Wildman–Crippen MR) is 158 cm³/mol. The highest BCUT2D eigenvalue weighted by Crippen LogP contribution is 2.46. The fourth-order valence-corrected chi connectivity index (χ4v) is 9.60. The Hall–Kier alpha value is -1.78. The highest BCUT2D eigenvalue weighted by atomic mass is 79.9. The second-order valence-electron chi connectivity index (χ2n) is 11.3. The van der Waals surface area contributed by atoms with Crippen molar-refractivity contribution in [2.24, 2.45) is 0 Å². The number of piperidine rings is 1. The summed E-state index contributed by atoms with van der Waals surface area (Å²) in [6.45, 7) is 0.971. The lowest BCUT2D eigenvalue weighted by Crippen LogP contribution is -2.47. The molecule has 3 aliphatic rings. The van der Waals surface area contributed by atoms with E-state index in [-0.39, 0.29) is 29.0 Å². The number of hydrogen-bond donors (Lipinski definition) is 3. The lowest BCUT2D eigenvalue weighted by Gasteiger charge is -2.38. The Bertz CT molecular complexity index is 1490. The Balaban J connectivity index is 1.08. The summed E-state index contributed by atoms with van der Waals surface area (Å²) in [5.41, 5.74) is -0.412. The lowest BCUT2D eigenvalue weighted by molar-refractivity contribution is -0.0312. The Morgan fingerprint density at radius 2 is 1.83 bits per heavy atom. The highest BCUT2D eigenvalue weighted by Gasteiger charge is 2.54. The highest BCUT2D eigenvalue weighted by molar-refractivity contribution is 9.10. The van der Waals surface area contributed by atoms with Crippen molar-refractivity contribution in [3.8, 4) is 11.5 Å². The molecule has 1 saturated carbocycles. The molecule has 2 aliphatic heterocycles. The molecule has 1 aliphatic carbocycles. The first-order chi connectivity index (χ1) is 19.9. The van der Waals surface area contributed by atoms with Crippen LogP contribution in [0.15, 0.2) is 56.7 Å². The van der Waals surface area contributed by atoms with Crippen molar-refractivity contribution in [1.29, 1.82) is 0 Å². The van der Waals surface area contributed by atoms with Gasteiger partial charge in [-0.3, -0.25) is 0 Å². The average Bonchev–Trinajstić information content (AvgIpc) is 3.71. The molecular formula is C28H37BrN2O9S2. The molecule has 232 valence electrons. The van der Waals surface area contributed by atoms with E-state index in [9.17, 15) is 27.0 Å². The summed E-state index contributed by atoms with van der Waals surface area (Å²) in [7, 11) is -5.79. The summed E-state index contributed by atoms with van der Waals surface area (Å²) in [6, 6.07) is 10.9. The monoisotopic (exact) mass is 688 g/mol. The fraction of sp³-hybridized carbons (Fsp3) is 0.571. The topological polar surface area (TPSA) is 152 Å². The Labute approximate surface area is 255 Å². The second-order valence-corrected chi connectivity index (χ2v) is 16.4. The summed E-state index contributed by atoms with van der Waals surface area (Å²) in [5, 5.41) is 23.4. The predicted octanol–water partition coefficient (Wildman–Crippen LogP) is 2.10. The summed E-state index contributed by atoms with van der Waals surface area (Å²) < 4.78 is 70.1. The van der Waals surface area contributed by atoms with Gasteiger partial charge in [0, 0.05) is 25.7 Å². The van der Waals surface area contributed by atoms with Gasteiger partial charge in [0.15, 0.2) is 9.84 Å². The molecule has 3 N–H and O–H groups in total. The Morgan fingerprint density at radius 3 is 2.48 bits per heavy atom. The van der Waals surface area contributed by atoms with Crippen LogP contribution in [0.3, 0.4) is 0 Å². The third-order valence-corrected chi connectivity index (χ3v) is 13.5. The maximum atomic E-state index is 13.2. The van der Waals surface area contributed by atoms with Crippen LogP contribution in [0.4, 0.5) is 0 Å². The Kier molecular flexibility index (Phi) is 9.27. The van der Waals surface area contributed by atoms with Gasteiger partial charge < -0.3 is 29.7 Å². The molecule has 5 rings (SSSR count). The van der Waals surface area contributed by atoms with Crippen LogP contribution in [-0.2, 0) is 24.6 Å². The third-order valence-electron chi connectivity index (χ3n) is 8.47. The molecule has 1 spiro atoms. The molecule has 0 bridgehead atoms. The van der Waals surface area contributed by atoms with E-state index in [1.165, 1.54) is 23.5 Å². The van der Waals surface area contributed by atoms with Gasteiger partial charge in [0.1, 0.15) is 24.2 Å². The zero-order valence-corrected chi connectivity index (χ0v) is 26.6. The van der Waals surface area contributed by atoms with Gasteiger partial charge in [0.2, 0.25) is 10.0 Å². The van der Waals surface area contributed by atoms with E-state index in [4.69, 9.17) is 14.2 Å². The van der Waals surface area contributed by atoms with Gasteiger partial charge in [-0.05, 0) is 84.4 Å². The number of nitrogens with zero attached hydrogens (tertiary/aromatic N) is 1. The van der Waals surface area contributed by atoms with Crippen molar-refractivity contribution in [2.75, 3.05) is 46.6 Å². The molecule has 42 heavy (non-hydrogen) atoms. The largest absolute Gasteiger partial charge is 0.496 e. The van der Waals surface area contributed by atoms with Crippen molar-refractivity contribution >= 4 is 35.8 Å². The molecule has 2 heterocycles. The zero-order valence-electron chi connectivity index (χ0n) is 23.4. The van der Waals surface area contributed by atoms with Crippen molar-refractivity contribution in [3.05, 3.63) is 46.9 Å². The van der Waals surface area contributed by atoms with Crippen molar-refractivity contribution in [1.82, 2.24) is 9.62 Å². The summed E-state index contributed by atoms with van der Waals surface area (Å²) in [6.07, 6.45) is 1.88. The molecule has 0 unspecified atom stereocenters. The number of sulfone groups is 1. The van der Waals surface area contributed by atoms with Crippen LogP contribution in [0.2, 0.25) is 0 Å². The number of hydrogen-bond acceptors (Lipinski definition) is 10. The van der Waals surface area contributed by atoms with Gasteiger partial charge in [0.25, 0.3) is 0 Å². The van der Waals surface area contributed by atoms with Crippen molar-refractivity contribution < 1.29 is 41.3 Å². The first-order valence-electron chi connectivity index (χ1n) is 13.9. The minimum atomic E-state index is -3.67. The van der Waals surface area contributed by atoms with Crippen molar-refractivity contribution in [3.63, 3.8) is 0 Å². The molecule has 2 saturated heterocycles. The number of nitrogens with one attached hydrogen (secondary N) is 1. The van der Waals surface area contributed by atoms with Gasteiger partial charge in [-0.25, -0.2) is 16.8 Å². The van der Waals surface area contributed by atoms with Gasteiger partial charge in [-0.15, -0.1) is 0 Å². The summed E-state index contributed by atoms with van der Waals surface area (Å²) in [5.74, 6) is 0.891. The SMILES string of the molecule is COc1ccc(S(=O)(=O)N2CCC3(CC2)C[C@H](NC[C@H](O)COc2cccc(S(=O)(=O)C4(CO)CC4)c2)CO3)cc1Br. The van der Waals surface area contributed by atoms with E-state index in [1.807, 2.05) is 0 Å². The fourth-order valence-electron chi connectivity index (χ4n) is 5.60. The van der Waals surface area contributed by atoms with Gasteiger partial charge in [-0.2, -0.15) is 4.31 Å². The number of ether oxygens (including phenoxy) is 3. The molecule has 0 aromatic heterocycles. The standard InChI is InChI=1S/C28H37BrN2O9S2/c1-38-26-6-5-24(14-25(26)29)42(36,37)31-11-9-27(10-12-31)15-20(17-40-27)30-16-21(33)18-39-22-3-2-4-23(13-22)41(34,35)28(19-32)7-8-28/h2-6,13-14,20-21,30,32-33H,7-12,15-19H2,1H3/t20-,21-/m0/s1. The van der Waals surface area contributed by atoms with E-state index < -0.39 is 42.9 Å². The minimum Gasteiger partial charge on any atom is -0.496 e. The molecule has 0 amide bonds.